The highest BCUT2D eigenvalue weighted by atomic mass is 19.1. The van der Waals surface area contributed by atoms with Gasteiger partial charge in [0.1, 0.15) is 11.7 Å². The maximum Gasteiger partial charge on any atom is 0.287 e. The molecule has 0 aromatic heterocycles. The van der Waals surface area contributed by atoms with Crippen molar-refractivity contribution < 1.29 is 24.5 Å². The van der Waals surface area contributed by atoms with Crippen molar-refractivity contribution in [3.05, 3.63) is 35.6 Å². The fourth-order valence-corrected chi connectivity index (χ4v) is 2.56. The summed E-state index contributed by atoms with van der Waals surface area (Å²) in [6.45, 7) is 2.24. The largest absolute Gasteiger partial charge is 0.343 e. The molecule has 6 heteroatoms. The molecular weight excluding hydrogens is 265 g/mol. The highest BCUT2D eigenvalue weighted by molar-refractivity contribution is 5.80. The summed E-state index contributed by atoms with van der Waals surface area (Å²) in [5.41, 5.74) is 0.750. The first-order valence-electron chi connectivity index (χ1n) is 6.53. The second-order valence-corrected chi connectivity index (χ2v) is 5.14. The van der Waals surface area contributed by atoms with E-state index < -0.39 is 17.8 Å². The van der Waals surface area contributed by atoms with E-state index in [0.717, 1.165) is 5.56 Å². The molecule has 20 heavy (non-hydrogen) atoms. The monoisotopic (exact) mass is 283 g/mol. The first kappa shape index (κ1) is 14.9. The quantitative estimate of drug-likeness (QED) is 0.715. The molecule has 0 bridgehead atoms. The van der Waals surface area contributed by atoms with E-state index in [0.29, 0.717) is 13.0 Å². The number of halogens is 1. The Morgan fingerprint density at radius 1 is 1.30 bits per heavy atom. The van der Waals surface area contributed by atoms with Gasteiger partial charge in [-0.2, -0.15) is 0 Å². The molecule has 1 saturated heterocycles. The molecule has 2 atom stereocenters. The minimum atomic E-state index is -3.00. The molecule has 0 spiro atoms. The Kier molecular flexibility index (Phi) is 4.08. The molecule has 2 unspecified atom stereocenters. The maximum absolute atomic E-state index is 12.9. The molecule has 1 aliphatic heterocycles. The summed E-state index contributed by atoms with van der Waals surface area (Å²) in [5.74, 6) is -5.12. The molecular formula is C14H18FNO4. The van der Waals surface area contributed by atoms with Gasteiger partial charge in [0.15, 0.2) is 0 Å². The zero-order valence-electron chi connectivity index (χ0n) is 11.2. The van der Waals surface area contributed by atoms with Gasteiger partial charge in [0.25, 0.3) is 5.97 Å². The standard InChI is InChI=1S/C14H18FNO4/c1-9(10-4-6-11(15)7-5-10)16-8-2-3-12(13(16)17)14(18,19)20/h4-7,9,12,18-20H,2-3,8H2,1H3. The van der Waals surface area contributed by atoms with E-state index in [9.17, 15) is 24.5 Å². The second-order valence-electron chi connectivity index (χ2n) is 5.14. The minimum absolute atomic E-state index is 0.217. The summed E-state index contributed by atoms with van der Waals surface area (Å²) in [4.78, 5) is 13.7. The normalized spacial score (nSPS) is 21.9. The first-order valence-corrected chi connectivity index (χ1v) is 6.53. The Bertz CT molecular complexity index is 483. The molecule has 1 amide bonds. The van der Waals surface area contributed by atoms with Crippen LogP contribution in [0.3, 0.4) is 0 Å². The number of amides is 1. The van der Waals surface area contributed by atoms with Gasteiger partial charge in [0.2, 0.25) is 5.91 Å². The van der Waals surface area contributed by atoms with Gasteiger partial charge in [-0.3, -0.25) is 4.79 Å². The predicted molar refractivity (Wildman–Crippen MR) is 68.6 cm³/mol. The summed E-state index contributed by atoms with van der Waals surface area (Å²) in [5, 5.41) is 27.7. The molecule has 0 saturated carbocycles. The SMILES string of the molecule is CC(c1ccc(F)cc1)N1CCCC(C(O)(O)O)C1=O. The van der Waals surface area contributed by atoms with Crippen LogP contribution in [0.1, 0.15) is 31.4 Å². The van der Waals surface area contributed by atoms with Crippen molar-refractivity contribution in [3.8, 4) is 0 Å². The Morgan fingerprint density at radius 2 is 1.90 bits per heavy atom. The van der Waals surface area contributed by atoms with E-state index in [1.54, 1.807) is 19.1 Å². The van der Waals surface area contributed by atoms with Crippen LogP contribution in [0.2, 0.25) is 0 Å². The molecule has 3 N–H and O–H groups in total. The molecule has 0 radical (unpaired) electrons. The van der Waals surface area contributed by atoms with Crippen molar-refractivity contribution in [2.45, 2.75) is 31.8 Å². The van der Waals surface area contributed by atoms with Crippen LogP contribution >= 0.6 is 0 Å². The molecule has 110 valence electrons. The minimum Gasteiger partial charge on any atom is -0.343 e. The summed E-state index contributed by atoms with van der Waals surface area (Å²) in [7, 11) is 0. The average molecular weight is 283 g/mol. The molecule has 5 nitrogen and oxygen atoms in total. The van der Waals surface area contributed by atoms with Crippen LogP contribution in [0, 0.1) is 11.7 Å². The number of aliphatic hydroxyl groups is 3. The third-order valence-corrected chi connectivity index (χ3v) is 3.76. The molecule has 1 aliphatic rings. The van der Waals surface area contributed by atoms with Gasteiger partial charge in [0, 0.05) is 6.54 Å². The van der Waals surface area contributed by atoms with Crippen molar-refractivity contribution in [2.75, 3.05) is 6.54 Å². The van der Waals surface area contributed by atoms with E-state index in [1.807, 2.05) is 0 Å². The van der Waals surface area contributed by atoms with Gasteiger partial charge in [0.05, 0.1) is 6.04 Å². The summed E-state index contributed by atoms with van der Waals surface area (Å²) in [6, 6.07) is 5.47. The zero-order valence-corrected chi connectivity index (χ0v) is 11.2. The predicted octanol–water partition coefficient (Wildman–Crippen LogP) is 0.756. The number of carbonyl (C=O) groups excluding carboxylic acids is 1. The maximum atomic E-state index is 12.9. The molecule has 1 fully saturated rings. The lowest BCUT2D eigenvalue weighted by Crippen LogP contribution is -2.52. The number of benzene rings is 1. The lowest BCUT2D eigenvalue weighted by Gasteiger charge is -2.39. The number of piperidine rings is 1. The van der Waals surface area contributed by atoms with E-state index in [2.05, 4.69) is 0 Å². The van der Waals surface area contributed by atoms with Crippen LogP contribution in [0.5, 0.6) is 0 Å². The van der Waals surface area contributed by atoms with Crippen molar-refractivity contribution in [1.82, 2.24) is 4.90 Å². The molecule has 1 aromatic rings. The summed E-state index contributed by atoms with van der Waals surface area (Å²) < 4.78 is 12.9. The lowest BCUT2D eigenvalue weighted by atomic mass is 9.92. The van der Waals surface area contributed by atoms with Crippen LogP contribution in [0.25, 0.3) is 0 Å². The molecule has 1 heterocycles. The Balaban J connectivity index is 2.19. The molecule has 2 rings (SSSR count). The smallest absolute Gasteiger partial charge is 0.287 e. The van der Waals surface area contributed by atoms with E-state index in [-0.39, 0.29) is 18.3 Å². The highest BCUT2D eigenvalue weighted by Crippen LogP contribution is 2.31. The Hall–Kier alpha value is -1.50. The van der Waals surface area contributed by atoms with Crippen molar-refractivity contribution in [2.24, 2.45) is 5.92 Å². The summed E-state index contributed by atoms with van der Waals surface area (Å²) in [6.07, 6.45) is 0.778. The van der Waals surface area contributed by atoms with Crippen LogP contribution in [-0.2, 0) is 4.79 Å². The Labute approximate surface area is 116 Å². The van der Waals surface area contributed by atoms with Crippen molar-refractivity contribution in [1.29, 1.82) is 0 Å². The number of likely N-dealkylation sites (tertiary alicyclic amines) is 1. The van der Waals surface area contributed by atoms with Gasteiger partial charge < -0.3 is 20.2 Å². The van der Waals surface area contributed by atoms with Crippen molar-refractivity contribution in [3.63, 3.8) is 0 Å². The second kappa shape index (κ2) is 5.47. The Morgan fingerprint density at radius 3 is 2.45 bits per heavy atom. The summed E-state index contributed by atoms with van der Waals surface area (Å²) >= 11 is 0. The van der Waals surface area contributed by atoms with Gasteiger partial charge >= 0.3 is 0 Å². The number of rotatable bonds is 3. The number of nitrogens with zero attached hydrogens (tertiary/aromatic N) is 1. The van der Waals surface area contributed by atoms with Crippen LogP contribution < -0.4 is 0 Å². The van der Waals surface area contributed by atoms with E-state index in [4.69, 9.17) is 0 Å². The van der Waals surface area contributed by atoms with Crippen LogP contribution in [0.15, 0.2) is 24.3 Å². The van der Waals surface area contributed by atoms with Crippen LogP contribution in [-0.4, -0.2) is 38.6 Å². The van der Waals surface area contributed by atoms with Crippen LogP contribution in [0.4, 0.5) is 4.39 Å². The highest BCUT2D eigenvalue weighted by Gasteiger charge is 2.43. The molecule has 0 aliphatic carbocycles. The number of hydrogen-bond donors (Lipinski definition) is 3. The lowest BCUT2D eigenvalue weighted by molar-refractivity contribution is -0.338. The first-order chi connectivity index (χ1) is 9.30. The zero-order chi connectivity index (χ0) is 14.9. The number of carbonyl (C=O) groups is 1. The number of hydrogen-bond acceptors (Lipinski definition) is 4. The third kappa shape index (κ3) is 2.98. The van der Waals surface area contributed by atoms with Gasteiger partial charge in [-0.1, -0.05) is 12.1 Å². The average Bonchev–Trinajstić information content (AvgIpc) is 2.37. The third-order valence-electron chi connectivity index (χ3n) is 3.76. The molecule has 1 aromatic carbocycles. The van der Waals surface area contributed by atoms with Gasteiger partial charge in [-0.15, -0.1) is 0 Å². The van der Waals surface area contributed by atoms with E-state index in [1.165, 1.54) is 17.0 Å². The van der Waals surface area contributed by atoms with Gasteiger partial charge in [-0.25, -0.2) is 4.39 Å². The fourth-order valence-electron chi connectivity index (χ4n) is 2.56. The van der Waals surface area contributed by atoms with Crippen molar-refractivity contribution >= 4 is 5.91 Å². The van der Waals surface area contributed by atoms with E-state index >= 15 is 0 Å². The van der Waals surface area contributed by atoms with Gasteiger partial charge in [-0.05, 0) is 37.5 Å². The fraction of sp³-hybridized carbons (Fsp3) is 0.500. The topological polar surface area (TPSA) is 81.0 Å².